The van der Waals surface area contributed by atoms with Crippen LogP contribution in [0.15, 0.2) is 24.3 Å². The molecule has 0 spiro atoms. The molecule has 2 heterocycles. The van der Waals surface area contributed by atoms with Gasteiger partial charge in [0.05, 0.1) is 4.88 Å². The Balaban J connectivity index is 1.55. The van der Waals surface area contributed by atoms with Gasteiger partial charge in [-0.15, -0.1) is 11.3 Å². The van der Waals surface area contributed by atoms with Gasteiger partial charge in [0.2, 0.25) is 0 Å². The first-order valence-corrected chi connectivity index (χ1v) is 9.01. The standard InChI is InChI=1S/C18H20FNOS/c19-15-5-6-16-14(9-15)10-17(22-16)18(21)20-8-7-12-3-1-2-4-13(12)11-20/h5-6,9-10,12-13H,1-4,7-8,11H2/t12-,13+/m0/s1. The zero-order chi connectivity index (χ0) is 15.1. The third kappa shape index (κ3) is 2.54. The number of piperidine rings is 1. The van der Waals surface area contributed by atoms with Crippen molar-refractivity contribution in [3.05, 3.63) is 35.0 Å². The van der Waals surface area contributed by atoms with E-state index in [1.807, 2.05) is 11.0 Å². The highest BCUT2D eigenvalue weighted by Crippen LogP contribution is 2.37. The van der Waals surface area contributed by atoms with Crippen molar-refractivity contribution in [2.75, 3.05) is 13.1 Å². The molecule has 0 radical (unpaired) electrons. The SMILES string of the molecule is O=C(c1cc2cc(F)ccc2s1)N1CC[C@@H]2CCCC[C@@H]2C1. The molecular formula is C18H20FNOS. The summed E-state index contributed by atoms with van der Waals surface area (Å²) in [6, 6.07) is 6.58. The van der Waals surface area contributed by atoms with Crippen molar-refractivity contribution in [3.63, 3.8) is 0 Å². The summed E-state index contributed by atoms with van der Waals surface area (Å²) in [6.45, 7) is 1.79. The maximum absolute atomic E-state index is 13.3. The first-order valence-electron chi connectivity index (χ1n) is 8.19. The van der Waals surface area contributed by atoms with Crippen molar-refractivity contribution in [3.8, 4) is 0 Å². The van der Waals surface area contributed by atoms with Crippen molar-refractivity contribution in [1.29, 1.82) is 0 Å². The van der Waals surface area contributed by atoms with E-state index >= 15 is 0 Å². The molecule has 1 aromatic heterocycles. The van der Waals surface area contributed by atoms with Crippen LogP contribution in [0.1, 0.15) is 41.8 Å². The van der Waals surface area contributed by atoms with Crippen LogP contribution < -0.4 is 0 Å². The van der Waals surface area contributed by atoms with E-state index in [-0.39, 0.29) is 11.7 Å². The number of hydrogen-bond donors (Lipinski definition) is 0. The maximum atomic E-state index is 13.3. The molecule has 4 heteroatoms. The highest BCUT2D eigenvalue weighted by atomic mass is 32.1. The van der Waals surface area contributed by atoms with E-state index in [1.165, 1.54) is 49.2 Å². The fraction of sp³-hybridized carbons (Fsp3) is 0.500. The summed E-state index contributed by atoms with van der Waals surface area (Å²) in [4.78, 5) is 15.5. The molecule has 2 nitrogen and oxygen atoms in total. The Morgan fingerprint density at radius 1 is 1.14 bits per heavy atom. The summed E-state index contributed by atoms with van der Waals surface area (Å²) in [7, 11) is 0. The molecule has 116 valence electrons. The summed E-state index contributed by atoms with van der Waals surface area (Å²) >= 11 is 1.48. The molecule has 1 aromatic carbocycles. The van der Waals surface area contributed by atoms with Gasteiger partial charge in [0.25, 0.3) is 5.91 Å². The molecule has 1 saturated carbocycles. The number of halogens is 1. The van der Waals surface area contributed by atoms with E-state index in [1.54, 1.807) is 6.07 Å². The minimum Gasteiger partial charge on any atom is -0.338 e. The van der Waals surface area contributed by atoms with Crippen molar-refractivity contribution in [2.24, 2.45) is 11.8 Å². The number of thiophene rings is 1. The lowest BCUT2D eigenvalue weighted by Gasteiger charge is -2.41. The summed E-state index contributed by atoms with van der Waals surface area (Å²) < 4.78 is 14.3. The number of carbonyl (C=O) groups is 1. The second-order valence-electron chi connectivity index (χ2n) is 6.64. The van der Waals surface area contributed by atoms with Crippen LogP contribution in [0.4, 0.5) is 4.39 Å². The van der Waals surface area contributed by atoms with E-state index in [0.29, 0.717) is 5.92 Å². The highest BCUT2D eigenvalue weighted by molar-refractivity contribution is 7.20. The second-order valence-corrected chi connectivity index (χ2v) is 7.72. The zero-order valence-corrected chi connectivity index (χ0v) is 13.4. The van der Waals surface area contributed by atoms with E-state index in [9.17, 15) is 9.18 Å². The summed E-state index contributed by atoms with van der Waals surface area (Å²) in [5.41, 5.74) is 0. The van der Waals surface area contributed by atoms with Gasteiger partial charge < -0.3 is 4.90 Å². The Morgan fingerprint density at radius 2 is 1.95 bits per heavy atom. The fourth-order valence-electron chi connectivity index (χ4n) is 4.06. The second kappa shape index (κ2) is 5.65. The number of benzene rings is 1. The van der Waals surface area contributed by atoms with E-state index in [2.05, 4.69) is 0 Å². The number of rotatable bonds is 1. The summed E-state index contributed by atoms with van der Waals surface area (Å²) in [6.07, 6.45) is 6.43. The molecule has 1 aliphatic carbocycles. The molecule has 1 saturated heterocycles. The quantitative estimate of drug-likeness (QED) is 0.747. The normalized spacial score (nSPS) is 25.2. The van der Waals surface area contributed by atoms with E-state index < -0.39 is 0 Å². The Labute approximate surface area is 133 Å². The summed E-state index contributed by atoms with van der Waals surface area (Å²) in [5.74, 6) is 1.41. The molecule has 1 aliphatic heterocycles. The Morgan fingerprint density at radius 3 is 2.82 bits per heavy atom. The zero-order valence-electron chi connectivity index (χ0n) is 12.6. The molecule has 2 fully saturated rings. The van der Waals surface area contributed by atoms with Crippen molar-refractivity contribution in [2.45, 2.75) is 32.1 Å². The fourth-order valence-corrected chi connectivity index (χ4v) is 5.07. The molecule has 2 aliphatic rings. The molecule has 4 rings (SSSR count). The van der Waals surface area contributed by atoms with Crippen LogP contribution in [0.25, 0.3) is 10.1 Å². The van der Waals surface area contributed by atoms with Crippen LogP contribution in [0, 0.1) is 17.7 Å². The van der Waals surface area contributed by atoms with Gasteiger partial charge in [-0.2, -0.15) is 0 Å². The predicted octanol–water partition coefficient (Wildman–Crippen LogP) is 4.69. The molecule has 0 N–H and O–H groups in total. The van der Waals surface area contributed by atoms with Gasteiger partial charge in [-0.05, 0) is 54.3 Å². The lowest BCUT2D eigenvalue weighted by molar-refractivity contribution is 0.0525. The number of amides is 1. The van der Waals surface area contributed by atoms with Gasteiger partial charge >= 0.3 is 0 Å². The van der Waals surface area contributed by atoms with E-state index in [4.69, 9.17) is 0 Å². The van der Waals surface area contributed by atoms with Gasteiger partial charge in [-0.25, -0.2) is 4.39 Å². The summed E-state index contributed by atoms with van der Waals surface area (Å²) in [5, 5.41) is 0.834. The Bertz CT molecular complexity index is 710. The lowest BCUT2D eigenvalue weighted by Crippen LogP contribution is -2.44. The Hall–Kier alpha value is -1.42. The minimum absolute atomic E-state index is 0.130. The van der Waals surface area contributed by atoms with Gasteiger partial charge in [-0.3, -0.25) is 4.79 Å². The largest absolute Gasteiger partial charge is 0.338 e. The number of hydrogen-bond acceptors (Lipinski definition) is 2. The van der Waals surface area contributed by atoms with Crippen molar-refractivity contribution < 1.29 is 9.18 Å². The number of fused-ring (bicyclic) bond motifs is 2. The van der Waals surface area contributed by atoms with Gasteiger partial charge in [-0.1, -0.05) is 19.3 Å². The van der Waals surface area contributed by atoms with Crippen LogP contribution in [-0.2, 0) is 0 Å². The molecule has 2 atom stereocenters. The first kappa shape index (κ1) is 14.2. The molecular weight excluding hydrogens is 297 g/mol. The van der Waals surface area contributed by atoms with Gasteiger partial charge in [0.15, 0.2) is 0 Å². The van der Waals surface area contributed by atoms with Crippen molar-refractivity contribution in [1.82, 2.24) is 4.90 Å². The molecule has 2 aromatic rings. The van der Waals surface area contributed by atoms with Gasteiger partial charge in [0.1, 0.15) is 5.82 Å². The van der Waals surface area contributed by atoms with Crippen molar-refractivity contribution >= 4 is 27.3 Å². The van der Waals surface area contributed by atoms with Crippen LogP contribution in [0.5, 0.6) is 0 Å². The maximum Gasteiger partial charge on any atom is 0.263 e. The molecule has 0 unspecified atom stereocenters. The van der Waals surface area contributed by atoms with Crippen LogP contribution in [0.3, 0.4) is 0 Å². The van der Waals surface area contributed by atoms with Crippen LogP contribution >= 0.6 is 11.3 Å². The Kier molecular flexibility index (Phi) is 3.65. The smallest absolute Gasteiger partial charge is 0.263 e. The minimum atomic E-state index is -0.243. The number of likely N-dealkylation sites (tertiary alicyclic amines) is 1. The molecule has 22 heavy (non-hydrogen) atoms. The average molecular weight is 317 g/mol. The van der Waals surface area contributed by atoms with E-state index in [0.717, 1.165) is 40.4 Å². The third-order valence-electron chi connectivity index (χ3n) is 5.27. The number of carbonyl (C=O) groups excluding carboxylic acids is 1. The van der Waals surface area contributed by atoms with Gasteiger partial charge in [0, 0.05) is 17.8 Å². The lowest BCUT2D eigenvalue weighted by atomic mass is 9.75. The number of nitrogens with zero attached hydrogens (tertiary/aromatic N) is 1. The van der Waals surface area contributed by atoms with Crippen LogP contribution in [0.2, 0.25) is 0 Å². The molecule has 1 amide bonds. The topological polar surface area (TPSA) is 20.3 Å². The monoisotopic (exact) mass is 317 g/mol. The molecule has 0 bridgehead atoms. The first-order chi connectivity index (χ1) is 10.7. The average Bonchev–Trinajstić information content (AvgIpc) is 2.96. The predicted molar refractivity (Wildman–Crippen MR) is 87.8 cm³/mol. The highest BCUT2D eigenvalue weighted by Gasteiger charge is 2.33. The van der Waals surface area contributed by atoms with Crippen LogP contribution in [-0.4, -0.2) is 23.9 Å². The third-order valence-corrected chi connectivity index (χ3v) is 6.37.